The maximum absolute atomic E-state index is 7.57. The molecule has 5 N–H and O–H groups in total. The molecule has 0 aromatic rings. The molecule has 0 spiro atoms. The highest BCUT2D eigenvalue weighted by Gasteiger charge is 2.22. The summed E-state index contributed by atoms with van der Waals surface area (Å²) in [6.07, 6.45) is 0. The lowest BCUT2D eigenvalue weighted by atomic mass is 10.9. The van der Waals surface area contributed by atoms with Crippen LogP contribution in [0, 0.1) is 0 Å². The van der Waals surface area contributed by atoms with Crippen LogP contribution in [0.3, 0.4) is 0 Å². The van der Waals surface area contributed by atoms with Gasteiger partial charge in [0.05, 0.1) is 0 Å². The summed E-state index contributed by atoms with van der Waals surface area (Å²) in [5, 5.41) is 7.57. The van der Waals surface area contributed by atoms with E-state index in [9.17, 15) is 0 Å². The van der Waals surface area contributed by atoms with E-state index in [0.29, 0.717) is 0 Å². The van der Waals surface area contributed by atoms with Crippen LogP contribution in [0.15, 0.2) is 0 Å². The van der Waals surface area contributed by atoms with Crippen molar-refractivity contribution < 1.29 is 24.3 Å². The molecule has 5 nitrogen and oxygen atoms in total. The Hall–Kier alpha value is 0.0169. The van der Waals surface area contributed by atoms with Crippen molar-refractivity contribution in [2.75, 3.05) is 6.61 Å². The van der Waals surface area contributed by atoms with Crippen molar-refractivity contribution in [2.24, 2.45) is 0 Å². The molecule has 0 unspecified atom stereocenters. The van der Waals surface area contributed by atoms with E-state index < -0.39 is 9.05 Å². The van der Waals surface area contributed by atoms with Crippen LogP contribution >= 0.6 is 0 Å². The van der Waals surface area contributed by atoms with Crippen molar-refractivity contribution in [2.45, 2.75) is 6.92 Å². The molecule has 0 aromatic carbocycles. The van der Waals surface area contributed by atoms with Crippen molar-refractivity contribution >= 4 is 9.05 Å². The molecule has 0 bridgehead atoms. The van der Waals surface area contributed by atoms with Gasteiger partial charge in [-0.25, -0.2) is 0 Å². The average molecular weight is 142 g/mol. The van der Waals surface area contributed by atoms with Crippen LogP contribution in [-0.2, 0) is 0 Å². The summed E-state index contributed by atoms with van der Waals surface area (Å²) >= 11 is 0. The van der Waals surface area contributed by atoms with Crippen molar-refractivity contribution in [1.82, 2.24) is 0 Å². The number of aliphatic hydroxyl groups excluding tert-OH is 1. The lowest BCUT2D eigenvalue weighted by Crippen LogP contribution is -2.33. The zero-order chi connectivity index (χ0) is 7.21. The second-order valence-corrected chi connectivity index (χ2v) is 2.12. The number of hydrogen-bond donors (Lipinski definition) is 5. The van der Waals surface area contributed by atoms with E-state index in [4.69, 9.17) is 24.3 Å². The van der Waals surface area contributed by atoms with Crippen LogP contribution in [0.25, 0.3) is 0 Å². The first-order valence-corrected chi connectivity index (χ1v) is 3.71. The van der Waals surface area contributed by atoms with Gasteiger partial charge in [-0.2, -0.15) is 0 Å². The summed E-state index contributed by atoms with van der Waals surface area (Å²) in [6, 6.07) is 0. The quantitative estimate of drug-likeness (QED) is 0.239. The molecule has 0 saturated carbocycles. The summed E-state index contributed by atoms with van der Waals surface area (Å²) in [7, 11) is -4.61. The van der Waals surface area contributed by atoms with Gasteiger partial charge in [0.1, 0.15) is 0 Å². The van der Waals surface area contributed by atoms with Crippen molar-refractivity contribution in [1.29, 1.82) is 0 Å². The molecule has 0 atom stereocenters. The van der Waals surface area contributed by atoms with Crippen molar-refractivity contribution in [3.8, 4) is 0 Å². The molecule has 0 rings (SSSR count). The molecule has 8 heavy (non-hydrogen) atoms. The van der Waals surface area contributed by atoms with Crippen LogP contribution < -0.4 is 0 Å². The number of hydrogen-bond acceptors (Lipinski definition) is 5. The lowest BCUT2D eigenvalue weighted by Gasteiger charge is -1.91. The van der Waals surface area contributed by atoms with E-state index in [2.05, 4.69) is 0 Å². The standard InChI is InChI=1S/C2H6O.H4O4Si/c1-2-3;1-5(2,3)4/h3H,2H2,1H3;1-4H. The first-order valence-electron chi connectivity index (χ1n) is 1.92. The number of rotatable bonds is 0. The first-order chi connectivity index (χ1) is 3.41. The highest BCUT2D eigenvalue weighted by molar-refractivity contribution is 6.46. The molecule has 0 saturated heterocycles. The molecule has 0 aromatic heterocycles. The second kappa shape index (κ2) is 5.16. The van der Waals surface area contributed by atoms with Crippen LogP contribution in [0.4, 0.5) is 0 Å². The van der Waals surface area contributed by atoms with E-state index in [1.165, 1.54) is 0 Å². The Bertz CT molecular complexity index is 34.2. The Morgan fingerprint density at radius 3 is 1.12 bits per heavy atom. The molecule has 0 fully saturated rings. The maximum Gasteiger partial charge on any atom is 0.668 e. The summed E-state index contributed by atoms with van der Waals surface area (Å²) in [5.41, 5.74) is 0. The fourth-order valence-corrected chi connectivity index (χ4v) is 0. The van der Waals surface area contributed by atoms with Crippen LogP contribution in [-0.4, -0.2) is 39.9 Å². The molecule has 0 heterocycles. The zero-order valence-corrected chi connectivity index (χ0v) is 5.44. The molecule has 52 valence electrons. The van der Waals surface area contributed by atoms with E-state index in [1.807, 2.05) is 0 Å². The summed E-state index contributed by atoms with van der Waals surface area (Å²) in [6.45, 7) is 1.93. The topological polar surface area (TPSA) is 101 Å². The van der Waals surface area contributed by atoms with Crippen molar-refractivity contribution in [3.05, 3.63) is 0 Å². The highest BCUT2D eigenvalue weighted by Crippen LogP contribution is 1.67. The van der Waals surface area contributed by atoms with Gasteiger partial charge in [0.25, 0.3) is 0 Å². The molecule has 0 aliphatic rings. The summed E-state index contributed by atoms with van der Waals surface area (Å²) < 4.78 is 0. The molecule has 0 aliphatic carbocycles. The fourth-order valence-electron chi connectivity index (χ4n) is 0. The molecular weight excluding hydrogens is 132 g/mol. The Morgan fingerprint density at radius 2 is 1.12 bits per heavy atom. The fraction of sp³-hybridized carbons (Fsp3) is 1.00. The third-order valence-electron chi connectivity index (χ3n) is 0. The smallest absolute Gasteiger partial charge is 0.397 e. The molecule has 6 heteroatoms. The Kier molecular flexibility index (Phi) is 7.03. The summed E-state index contributed by atoms with van der Waals surface area (Å²) in [5.74, 6) is 0. The van der Waals surface area contributed by atoms with E-state index in [-0.39, 0.29) is 6.61 Å². The molecule has 0 radical (unpaired) electrons. The Morgan fingerprint density at radius 1 is 1.12 bits per heavy atom. The van der Waals surface area contributed by atoms with Gasteiger partial charge in [-0.1, -0.05) is 0 Å². The number of aliphatic hydroxyl groups is 1. The van der Waals surface area contributed by atoms with E-state index in [0.717, 1.165) is 0 Å². The third-order valence-corrected chi connectivity index (χ3v) is 0. The van der Waals surface area contributed by atoms with Crippen LogP contribution in [0.5, 0.6) is 0 Å². The van der Waals surface area contributed by atoms with E-state index >= 15 is 0 Å². The lowest BCUT2D eigenvalue weighted by molar-refractivity contribution is 0.117. The van der Waals surface area contributed by atoms with Crippen molar-refractivity contribution in [3.63, 3.8) is 0 Å². The van der Waals surface area contributed by atoms with Gasteiger partial charge < -0.3 is 24.3 Å². The van der Waals surface area contributed by atoms with Gasteiger partial charge in [-0.3, -0.25) is 0 Å². The normalized spacial score (nSPS) is 9.75. The van der Waals surface area contributed by atoms with Crippen LogP contribution in [0.1, 0.15) is 6.92 Å². The minimum Gasteiger partial charge on any atom is -0.397 e. The first kappa shape index (κ1) is 10.9. The zero-order valence-electron chi connectivity index (χ0n) is 4.44. The predicted molar refractivity (Wildman–Crippen MR) is 27.4 cm³/mol. The Balaban J connectivity index is 0. The minimum absolute atomic E-state index is 0.250. The largest absolute Gasteiger partial charge is 0.668 e. The van der Waals surface area contributed by atoms with Gasteiger partial charge >= 0.3 is 9.05 Å². The Labute approximate surface area is 48.0 Å². The second-order valence-electron chi connectivity index (χ2n) is 0.916. The van der Waals surface area contributed by atoms with E-state index in [1.54, 1.807) is 6.92 Å². The minimum atomic E-state index is -4.61. The summed E-state index contributed by atoms with van der Waals surface area (Å²) in [4.78, 5) is 29.3. The van der Waals surface area contributed by atoms with Crippen LogP contribution in [0.2, 0.25) is 0 Å². The monoisotopic (exact) mass is 142 g/mol. The van der Waals surface area contributed by atoms with Gasteiger partial charge in [0.2, 0.25) is 0 Å². The third kappa shape index (κ3) is 531000. The van der Waals surface area contributed by atoms with Gasteiger partial charge in [0, 0.05) is 6.61 Å². The van der Waals surface area contributed by atoms with Gasteiger partial charge in [-0.15, -0.1) is 0 Å². The van der Waals surface area contributed by atoms with Gasteiger partial charge in [0.15, 0.2) is 0 Å². The predicted octanol–water partition coefficient (Wildman–Crippen LogP) is -2.61. The average Bonchev–Trinajstić information content (AvgIpc) is 1.27. The molecular formula is C2H10O5Si. The van der Waals surface area contributed by atoms with Gasteiger partial charge in [-0.05, 0) is 6.92 Å². The molecule has 0 aliphatic heterocycles. The highest BCUT2D eigenvalue weighted by atomic mass is 28.4. The SMILES string of the molecule is CCO.O[Si](O)(O)O. The molecule has 0 amide bonds. The maximum atomic E-state index is 7.57.